The zero-order valence-corrected chi connectivity index (χ0v) is 15.2. The summed E-state index contributed by atoms with van der Waals surface area (Å²) < 4.78 is 10.5. The summed E-state index contributed by atoms with van der Waals surface area (Å²) in [4.78, 5) is 31.0. The molecule has 0 saturated carbocycles. The fourth-order valence-electron chi connectivity index (χ4n) is 3.41. The molecule has 0 spiro atoms. The van der Waals surface area contributed by atoms with E-state index in [0.717, 1.165) is 4.90 Å². The lowest BCUT2D eigenvalue weighted by molar-refractivity contribution is 0.0641. The van der Waals surface area contributed by atoms with Crippen LogP contribution in [0, 0.1) is 0 Å². The number of methoxy groups -OCH3 is 2. The highest BCUT2D eigenvalue weighted by Crippen LogP contribution is 2.41. The van der Waals surface area contributed by atoms with E-state index in [2.05, 4.69) is 4.98 Å². The zero-order valence-electron chi connectivity index (χ0n) is 15.2. The highest BCUT2D eigenvalue weighted by Gasteiger charge is 2.41. The standard InChI is InChI=1S/C20H17N3O5/c1-27-11-6-5-10(13(8-11)28-2)9-23-19(25)14-15(20(23)26)18(24)17-12(16(14)21)4-3-7-22-17/h3-8,24H,9,21H2,1-2H3. The molecule has 0 radical (unpaired) electrons. The summed E-state index contributed by atoms with van der Waals surface area (Å²) >= 11 is 0. The Balaban J connectivity index is 1.81. The molecule has 8 nitrogen and oxygen atoms in total. The Hall–Kier alpha value is -3.81. The number of nitrogens with two attached hydrogens (primary N) is 1. The fraction of sp³-hybridized carbons (Fsp3) is 0.150. The van der Waals surface area contributed by atoms with Gasteiger partial charge in [0.25, 0.3) is 11.8 Å². The van der Waals surface area contributed by atoms with Crippen LogP contribution in [0.5, 0.6) is 17.2 Å². The third kappa shape index (κ3) is 2.42. The van der Waals surface area contributed by atoms with Gasteiger partial charge in [-0.3, -0.25) is 19.5 Å². The molecule has 0 saturated heterocycles. The van der Waals surface area contributed by atoms with Gasteiger partial charge in [-0.05, 0) is 24.3 Å². The van der Waals surface area contributed by atoms with Gasteiger partial charge in [0, 0.05) is 23.2 Å². The van der Waals surface area contributed by atoms with Gasteiger partial charge in [-0.2, -0.15) is 0 Å². The minimum Gasteiger partial charge on any atom is -0.505 e. The number of fused-ring (bicyclic) bond motifs is 2. The van der Waals surface area contributed by atoms with E-state index in [1.54, 1.807) is 30.3 Å². The average molecular weight is 379 g/mol. The maximum atomic E-state index is 13.0. The number of benzene rings is 2. The number of nitrogens with zero attached hydrogens (tertiary/aromatic N) is 2. The summed E-state index contributed by atoms with van der Waals surface area (Å²) in [5.41, 5.74) is 6.94. The Labute approximate surface area is 160 Å². The molecule has 1 aliphatic heterocycles. The van der Waals surface area contributed by atoms with Gasteiger partial charge in [-0.15, -0.1) is 0 Å². The van der Waals surface area contributed by atoms with Crippen LogP contribution in [0.1, 0.15) is 26.3 Å². The van der Waals surface area contributed by atoms with Crippen molar-refractivity contribution in [3.05, 3.63) is 53.2 Å². The van der Waals surface area contributed by atoms with Crippen LogP contribution in [0.3, 0.4) is 0 Å². The van der Waals surface area contributed by atoms with E-state index < -0.39 is 11.8 Å². The summed E-state index contributed by atoms with van der Waals surface area (Å²) in [5, 5.41) is 11.0. The summed E-state index contributed by atoms with van der Waals surface area (Å²) in [7, 11) is 3.02. The van der Waals surface area contributed by atoms with E-state index in [4.69, 9.17) is 15.2 Å². The Bertz CT molecular complexity index is 1080. The average Bonchev–Trinajstić information content (AvgIpc) is 2.97. The number of aromatic hydroxyl groups is 1. The van der Waals surface area contributed by atoms with Gasteiger partial charge in [-0.25, -0.2) is 0 Å². The van der Waals surface area contributed by atoms with Crippen molar-refractivity contribution in [2.24, 2.45) is 0 Å². The highest BCUT2D eigenvalue weighted by molar-refractivity contribution is 6.28. The van der Waals surface area contributed by atoms with E-state index >= 15 is 0 Å². The van der Waals surface area contributed by atoms with E-state index in [1.165, 1.54) is 20.4 Å². The van der Waals surface area contributed by atoms with Gasteiger partial charge >= 0.3 is 0 Å². The second-order valence-corrected chi connectivity index (χ2v) is 6.29. The monoisotopic (exact) mass is 379 g/mol. The molecule has 2 amide bonds. The van der Waals surface area contributed by atoms with E-state index in [9.17, 15) is 14.7 Å². The minimum atomic E-state index is -0.630. The van der Waals surface area contributed by atoms with Gasteiger partial charge in [0.1, 0.15) is 17.0 Å². The molecule has 2 aromatic carbocycles. The number of amides is 2. The van der Waals surface area contributed by atoms with Crippen molar-refractivity contribution in [1.82, 2.24) is 9.88 Å². The number of ether oxygens (including phenoxy) is 2. The van der Waals surface area contributed by atoms with Crippen LogP contribution in [0.2, 0.25) is 0 Å². The molecule has 142 valence electrons. The predicted molar refractivity (Wildman–Crippen MR) is 102 cm³/mol. The lowest BCUT2D eigenvalue weighted by Gasteiger charge is -2.16. The lowest BCUT2D eigenvalue weighted by Crippen LogP contribution is -2.29. The smallest absolute Gasteiger partial charge is 0.265 e. The minimum absolute atomic E-state index is 0.00419. The van der Waals surface area contributed by atoms with Gasteiger partial charge < -0.3 is 20.3 Å². The molecule has 4 rings (SSSR count). The largest absolute Gasteiger partial charge is 0.505 e. The number of hydrogen-bond donors (Lipinski definition) is 2. The molecular formula is C20H17N3O5. The SMILES string of the molecule is COc1ccc(CN2C(=O)c3c(c(O)c4ncccc4c3N)C2=O)c(OC)c1. The zero-order chi connectivity index (χ0) is 20.0. The summed E-state index contributed by atoms with van der Waals surface area (Å²) in [6.07, 6.45) is 1.48. The Kier molecular flexibility index (Phi) is 4.03. The van der Waals surface area contributed by atoms with Crippen LogP contribution < -0.4 is 15.2 Å². The summed E-state index contributed by atoms with van der Waals surface area (Å²) in [6.45, 7) is -0.0395. The van der Waals surface area contributed by atoms with Crippen molar-refractivity contribution in [3.63, 3.8) is 0 Å². The number of rotatable bonds is 4. The quantitative estimate of drug-likeness (QED) is 0.406. The number of carbonyl (C=O) groups is 2. The summed E-state index contributed by atoms with van der Waals surface area (Å²) in [6, 6.07) is 8.37. The second-order valence-electron chi connectivity index (χ2n) is 6.29. The van der Waals surface area contributed by atoms with E-state index in [-0.39, 0.29) is 34.6 Å². The number of anilines is 1. The van der Waals surface area contributed by atoms with Crippen LogP contribution >= 0.6 is 0 Å². The maximum Gasteiger partial charge on any atom is 0.265 e. The molecule has 28 heavy (non-hydrogen) atoms. The van der Waals surface area contributed by atoms with Crippen molar-refractivity contribution < 1.29 is 24.2 Å². The first-order chi connectivity index (χ1) is 13.5. The number of imide groups is 1. The molecule has 2 heterocycles. The topological polar surface area (TPSA) is 115 Å². The molecule has 0 atom stereocenters. The second kappa shape index (κ2) is 6.41. The third-order valence-electron chi connectivity index (χ3n) is 4.82. The number of carbonyl (C=O) groups excluding carboxylic acids is 2. The number of nitrogen functional groups attached to an aromatic ring is 1. The Morgan fingerprint density at radius 3 is 2.57 bits per heavy atom. The highest BCUT2D eigenvalue weighted by atomic mass is 16.5. The van der Waals surface area contributed by atoms with Crippen molar-refractivity contribution in [2.45, 2.75) is 6.54 Å². The van der Waals surface area contributed by atoms with E-state index in [0.29, 0.717) is 22.4 Å². The molecule has 0 bridgehead atoms. The normalized spacial score (nSPS) is 13.1. The first kappa shape index (κ1) is 17.6. The predicted octanol–water partition coefficient (Wildman–Crippen LogP) is 2.34. The van der Waals surface area contributed by atoms with Gasteiger partial charge in [0.15, 0.2) is 5.75 Å². The number of hydrogen-bond acceptors (Lipinski definition) is 7. The van der Waals surface area contributed by atoms with Crippen molar-refractivity contribution in [3.8, 4) is 17.2 Å². The fourth-order valence-corrected chi connectivity index (χ4v) is 3.41. The number of phenols is 1. The van der Waals surface area contributed by atoms with Crippen molar-refractivity contribution in [1.29, 1.82) is 0 Å². The molecule has 8 heteroatoms. The van der Waals surface area contributed by atoms with Crippen LogP contribution in [-0.4, -0.2) is 41.0 Å². The molecular weight excluding hydrogens is 362 g/mol. The van der Waals surface area contributed by atoms with Gasteiger partial charge in [0.05, 0.1) is 37.6 Å². The Morgan fingerprint density at radius 1 is 1.11 bits per heavy atom. The van der Waals surface area contributed by atoms with Crippen LogP contribution in [0.15, 0.2) is 36.5 Å². The first-order valence-corrected chi connectivity index (χ1v) is 8.44. The first-order valence-electron chi connectivity index (χ1n) is 8.44. The van der Waals surface area contributed by atoms with Crippen molar-refractivity contribution in [2.75, 3.05) is 20.0 Å². The molecule has 0 fully saturated rings. The third-order valence-corrected chi connectivity index (χ3v) is 4.82. The molecule has 1 aliphatic rings. The van der Waals surface area contributed by atoms with Crippen LogP contribution in [0.25, 0.3) is 10.9 Å². The van der Waals surface area contributed by atoms with Crippen LogP contribution in [-0.2, 0) is 6.54 Å². The molecule has 0 aliphatic carbocycles. The Morgan fingerprint density at radius 2 is 1.86 bits per heavy atom. The maximum absolute atomic E-state index is 13.0. The molecule has 3 N–H and O–H groups in total. The van der Waals surface area contributed by atoms with Gasteiger partial charge in [-0.1, -0.05) is 0 Å². The van der Waals surface area contributed by atoms with E-state index in [1.807, 2.05) is 0 Å². The number of aromatic nitrogens is 1. The van der Waals surface area contributed by atoms with Crippen molar-refractivity contribution >= 4 is 28.4 Å². The number of pyridine rings is 1. The summed E-state index contributed by atoms with van der Waals surface area (Å²) in [5.74, 6) is -0.490. The number of phenolic OH excluding ortho intramolecular Hbond substituents is 1. The molecule has 0 unspecified atom stereocenters. The van der Waals surface area contributed by atoms with Crippen LogP contribution in [0.4, 0.5) is 5.69 Å². The lowest BCUT2D eigenvalue weighted by atomic mass is 10.0. The van der Waals surface area contributed by atoms with Gasteiger partial charge in [0.2, 0.25) is 0 Å². The molecule has 1 aromatic heterocycles. The molecule has 3 aromatic rings.